The summed E-state index contributed by atoms with van der Waals surface area (Å²) < 4.78 is 0. The number of hydrogen-bond donors (Lipinski definition) is 0. The van der Waals surface area contributed by atoms with Crippen LogP contribution in [0.3, 0.4) is 0 Å². The second kappa shape index (κ2) is 10.8. The SMILES string of the molecule is Cc1ccc2[cH-]c(C)c(C)c2c1C.Cc1ccc2[cH-]c(C)c(C)c2c1C.[Cl-].[Cl-].[Ti+4]. The number of benzene rings is 2. The fraction of sp³-hybridized carbons (Fsp3) is 0.308. The molecule has 0 N–H and O–H groups in total. The van der Waals surface area contributed by atoms with Crippen LogP contribution in [0.25, 0.3) is 21.5 Å². The van der Waals surface area contributed by atoms with Gasteiger partial charge in [0, 0.05) is 0 Å². The van der Waals surface area contributed by atoms with Crippen LogP contribution >= 0.6 is 0 Å². The van der Waals surface area contributed by atoms with Crippen molar-refractivity contribution in [2.45, 2.75) is 55.4 Å². The molecule has 0 atom stereocenters. The van der Waals surface area contributed by atoms with E-state index in [9.17, 15) is 0 Å². The minimum absolute atomic E-state index is 0. The average molecular weight is 461 g/mol. The first kappa shape index (κ1) is 28.0. The number of fused-ring (bicyclic) bond motifs is 2. The zero-order chi connectivity index (χ0) is 19.2. The van der Waals surface area contributed by atoms with Crippen LogP contribution in [-0.2, 0) is 21.7 Å². The quantitative estimate of drug-likeness (QED) is 0.276. The van der Waals surface area contributed by atoms with E-state index in [1.165, 1.54) is 66.1 Å². The van der Waals surface area contributed by atoms with Gasteiger partial charge in [0.2, 0.25) is 0 Å². The third-order valence-corrected chi connectivity index (χ3v) is 6.21. The maximum absolute atomic E-state index is 2.27. The molecule has 0 aliphatic carbocycles. The van der Waals surface area contributed by atoms with Gasteiger partial charge in [0.05, 0.1) is 0 Å². The van der Waals surface area contributed by atoms with Crippen molar-refractivity contribution in [2.24, 2.45) is 0 Å². The maximum Gasteiger partial charge on any atom is 4.00 e. The van der Waals surface area contributed by atoms with Crippen LogP contribution in [0.5, 0.6) is 0 Å². The van der Waals surface area contributed by atoms with Gasteiger partial charge in [-0.15, -0.1) is 69.1 Å². The third kappa shape index (κ3) is 5.17. The summed E-state index contributed by atoms with van der Waals surface area (Å²) in [7, 11) is 0. The van der Waals surface area contributed by atoms with E-state index >= 15 is 0 Å². The molecule has 0 radical (unpaired) electrons. The molecule has 0 fully saturated rings. The Labute approximate surface area is 203 Å². The Morgan fingerprint density at radius 2 is 0.793 bits per heavy atom. The Hall–Kier alpha value is -1.05. The van der Waals surface area contributed by atoms with E-state index < -0.39 is 0 Å². The van der Waals surface area contributed by atoms with Crippen LogP contribution in [0, 0.1) is 55.4 Å². The summed E-state index contributed by atoms with van der Waals surface area (Å²) in [6.45, 7) is 17.6. The summed E-state index contributed by atoms with van der Waals surface area (Å²) >= 11 is 0. The number of rotatable bonds is 0. The molecule has 4 aromatic carbocycles. The van der Waals surface area contributed by atoms with E-state index in [0.717, 1.165) is 0 Å². The van der Waals surface area contributed by atoms with E-state index in [1.807, 2.05) is 0 Å². The Morgan fingerprint density at radius 3 is 1.10 bits per heavy atom. The molecule has 0 heterocycles. The summed E-state index contributed by atoms with van der Waals surface area (Å²) in [4.78, 5) is 0. The van der Waals surface area contributed by atoms with Crippen molar-refractivity contribution in [3.05, 3.63) is 80.9 Å². The standard InChI is InChI=1S/2C13H15.2ClH.Ti/c2*1-8-5-6-12-7-9(2)11(4)13(12)10(8)3;;;/h2*5-7H,1-4H3;2*1H;/q2*-1;;;+4/p-2. The monoisotopic (exact) mass is 460 g/mol. The second-order valence-electron chi connectivity index (χ2n) is 7.85. The van der Waals surface area contributed by atoms with Gasteiger partial charge in [-0.2, -0.15) is 11.1 Å². The van der Waals surface area contributed by atoms with E-state index in [0.29, 0.717) is 0 Å². The molecule has 0 aromatic heterocycles. The predicted octanol–water partition coefficient (Wildman–Crippen LogP) is 1.59. The van der Waals surface area contributed by atoms with E-state index in [2.05, 4.69) is 91.8 Å². The van der Waals surface area contributed by atoms with Crippen LogP contribution in [0.15, 0.2) is 36.4 Å². The van der Waals surface area contributed by atoms with Gasteiger partial charge in [-0.3, -0.25) is 0 Å². The van der Waals surface area contributed by atoms with Crippen molar-refractivity contribution >= 4 is 21.5 Å². The van der Waals surface area contributed by atoms with E-state index in [1.54, 1.807) is 0 Å². The van der Waals surface area contributed by atoms with Crippen LogP contribution in [0.4, 0.5) is 0 Å². The molecule has 0 saturated carbocycles. The molecular formula is C26H30Cl2Ti. The molecule has 4 rings (SSSR count). The Morgan fingerprint density at radius 1 is 0.483 bits per heavy atom. The fourth-order valence-electron chi connectivity index (χ4n) is 3.99. The molecule has 0 bridgehead atoms. The Balaban J connectivity index is 0.000000490. The summed E-state index contributed by atoms with van der Waals surface area (Å²) in [6.07, 6.45) is 0. The molecular weight excluding hydrogens is 431 g/mol. The van der Waals surface area contributed by atoms with Gasteiger partial charge >= 0.3 is 21.7 Å². The molecule has 0 nitrogen and oxygen atoms in total. The van der Waals surface area contributed by atoms with E-state index in [-0.39, 0.29) is 46.5 Å². The third-order valence-electron chi connectivity index (χ3n) is 6.21. The first-order chi connectivity index (χ1) is 12.2. The fourth-order valence-corrected chi connectivity index (χ4v) is 3.99. The first-order valence-electron chi connectivity index (χ1n) is 9.48. The van der Waals surface area contributed by atoms with Crippen LogP contribution in [0.2, 0.25) is 0 Å². The molecule has 29 heavy (non-hydrogen) atoms. The van der Waals surface area contributed by atoms with Crippen molar-refractivity contribution in [2.75, 3.05) is 0 Å². The summed E-state index contributed by atoms with van der Waals surface area (Å²) in [5, 5.41) is 5.69. The molecule has 0 spiro atoms. The first-order valence-corrected chi connectivity index (χ1v) is 9.48. The summed E-state index contributed by atoms with van der Waals surface area (Å²) in [6, 6.07) is 13.4. The zero-order valence-electron chi connectivity index (χ0n) is 18.7. The summed E-state index contributed by atoms with van der Waals surface area (Å²) in [5.41, 5.74) is 11.3. The van der Waals surface area contributed by atoms with Crippen LogP contribution in [-0.4, -0.2) is 0 Å². The normalized spacial score (nSPS) is 9.93. The van der Waals surface area contributed by atoms with Crippen molar-refractivity contribution in [1.29, 1.82) is 0 Å². The number of aryl methyl sites for hydroxylation is 8. The van der Waals surface area contributed by atoms with Crippen molar-refractivity contribution < 1.29 is 46.5 Å². The van der Waals surface area contributed by atoms with Gasteiger partial charge in [-0.05, 0) is 27.7 Å². The molecule has 0 aliphatic rings. The minimum atomic E-state index is 0. The van der Waals surface area contributed by atoms with Crippen LogP contribution in [0.1, 0.15) is 44.5 Å². The summed E-state index contributed by atoms with van der Waals surface area (Å²) in [5.74, 6) is 0. The van der Waals surface area contributed by atoms with Crippen LogP contribution < -0.4 is 24.8 Å². The Kier molecular flexibility index (Phi) is 10.4. The average Bonchev–Trinajstić information content (AvgIpc) is 3.05. The van der Waals surface area contributed by atoms with Gasteiger partial charge < -0.3 is 24.8 Å². The van der Waals surface area contributed by atoms with Gasteiger partial charge in [0.15, 0.2) is 0 Å². The van der Waals surface area contributed by atoms with E-state index in [4.69, 9.17) is 0 Å². The molecule has 4 aromatic rings. The predicted molar refractivity (Wildman–Crippen MR) is 117 cm³/mol. The molecule has 0 aliphatic heterocycles. The molecule has 152 valence electrons. The molecule has 0 amide bonds. The van der Waals surface area contributed by atoms with Gasteiger partial charge in [0.25, 0.3) is 0 Å². The largest absolute Gasteiger partial charge is 4.00 e. The topological polar surface area (TPSA) is 0 Å². The molecule has 0 unspecified atom stereocenters. The zero-order valence-corrected chi connectivity index (χ0v) is 21.8. The molecule has 0 saturated heterocycles. The maximum atomic E-state index is 2.27. The van der Waals surface area contributed by atoms with Gasteiger partial charge in [-0.1, -0.05) is 49.9 Å². The smallest absolute Gasteiger partial charge is 1.00 e. The number of hydrogen-bond acceptors (Lipinski definition) is 0. The Bertz CT molecular complexity index is 1020. The number of halogens is 2. The molecule has 3 heteroatoms. The second-order valence-corrected chi connectivity index (χ2v) is 7.85. The van der Waals surface area contributed by atoms with Gasteiger partial charge in [0.1, 0.15) is 0 Å². The van der Waals surface area contributed by atoms with Crippen molar-refractivity contribution in [1.82, 2.24) is 0 Å². The van der Waals surface area contributed by atoms with Crippen molar-refractivity contribution in [3.63, 3.8) is 0 Å². The minimum Gasteiger partial charge on any atom is -1.00 e. The van der Waals surface area contributed by atoms with Gasteiger partial charge in [-0.25, -0.2) is 0 Å². The van der Waals surface area contributed by atoms with Crippen molar-refractivity contribution in [3.8, 4) is 0 Å².